The molecule has 0 aliphatic carbocycles. The van der Waals surface area contributed by atoms with Gasteiger partial charge in [0.2, 0.25) is 5.91 Å². The third-order valence-corrected chi connectivity index (χ3v) is 3.99. The first-order valence-corrected chi connectivity index (χ1v) is 7.01. The third-order valence-electron chi connectivity index (χ3n) is 3.27. The lowest BCUT2D eigenvalue weighted by Crippen LogP contribution is -2.33. The highest BCUT2D eigenvalue weighted by molar-refractivity contribution is 7.13. The number of nitrogen functional groups attached to an aromatic ring is 1. The summed E-state index contributed by atoms with van der Waals surface area (Å²) in [5.74, 6) is 0.923. The number of hydrogen-bond donors (Lipinski definition) is 1. The number of anilines is 1. The normalized spacial score (nSPS) is 21.2. The number of carbonyl (C=O) groups is 1. The van der Waals surface area contributed by atoms with E-state index in [1.165, 1.54) is 17.8 Å². The maximum atomic E-state index is 12.1. The van der Waals surface area contributed by atoms with Crippen LogP contribution < -0.4 is 5.73 Å². The third kappa shape index (κ3) is 3.43. The molecule has 2 heterocycles. The van der Waals surface area contributed by atoms with Gasteiger partial charge in [0.05, 0.1) is 12.1 Å². The van der Waals surface area contributed by atoms with E-state index in [0.717, 1.165) is 37.5 Å². The first-order chi connectivity index (χ1) is 8.15. The van der Waals surface area contributed by atoms with Gasteiger partial charge in [0, 0.05) is 18.5 Å². The van der Waals surface area contributed by atoms with Gasteiger partial charge in [0.1, 0.15) is 0 Å². The second kappa shape index (κ2) is 5.49. The van der Waals surface area contributed by atoms with Crippen molar-refractivity contribution in [2.75, 3.05) is 18.8 Å². The Labute approximate surface area is 106 Å². The van der Waals surface area contributed by atoms with Crippen molar-refractivity contribution in [3.05, 3.63) is 11.1 Å². The van der Waals surface area contributed by atoms with Gasteiger partial charge in [0.15, 0.2) is 5.13 Å². The van der Waals surface area contributed by atoms with Crippen LogP contribution in [0, 0.1) is 5.92 Å². The number of nitrogens with two attached hydrogens (primary N) is 1. The van der Waals surface area contributed by atoms with Crippen LogP contribution in [0.3, 0.4) is 0 Å². The topological polar surface area (TPSA) is 59.2 Å². The number of carbonyl (C=O) groups excluding carboxylic acids is 1. The van der Waals surface area contributed by atoms with Crippen LogP contribution in [0.1, 0.15) is 31.9 Å². The van der Waals surface area contributed by atoms with Gasteiger partial charge >= 0.3 is 0 Å². The fraction of sp³-hybridized carbons (Fsp3) is 0.667. The summed E-state index contributed by atoms with van der Waals surface area (Å²) in [4.78, 5) is 18.2. The average molecular weight is 253 g/mol. The van der Waals surface area contributed by atoms with E-state index in [-0.39, 0.29) is 5.91 Å². The molecule has 2 N–H and O–H groups in total. The number of thiazole rings is 1. The lowest BCUT2D eigenvalue weighted by atomic mass is 10.0. The zero-order valence-electron chi connectivity index (χ0n) is 10.2. The minimum absolute atomic E-state index is 0.185. The second-order valence-corrected chi connectivity index (χ2v) is 5.66. The van der Waals surface area contributed by atoms with Gasteiger partial charge in [-0.2, -0.15) is 0 Å². The van der Waals surface area contributed by atoms with Crippen LogP contribution >= 0.6 is 11.3 Å². The van der Waals surface area contributed by atoms with Crippen LogP contribution in [0.15, 0.2) is 5.38 Å². The lowest BCUT2D eigenvalue weighted by Gasteiger charge is -2.19. The molecule has 2 rings (SSSR count). The fourth-order valence-corrected chi connectivity index (χ4v) is 2.75. The lowest BCUT2D eigenvalue weighted by molar-refractivity contribution is -0.130. The fourth-order valence-electron chi connectivity index (χ4n) is 2.18. The summed E-state index contributed by atoms with van der Waals surface area (Å²) in [6.45, 7) is 4.04. The summed E-state index contributed by atoms with van der Waals surface area (Å²) in [6, 6.07) is 0. The molecule has 94 valence electrons. The summed E-state index contributed by atoms with van der Waals surface area (Å²) in [5.41, 5.74) is 6.36. The zero-order chi connectivity index (χ0) is 12.3. The quantitative estimate of drug-likeness (QED) is 0.876. The van der Waals surface area contributed by atoms with Crippen LogP contribution in [0.2, 0.25) is 0 Å². The number of amides is 1. The molecule has 1 aliphatic heterocycles. The molecule has 1 saturated heterocycles. The minimum Gasteiger partial charge on any atom is -0.375 e. The number of likely N-dealkylation sites (tertiary alicyclic amines) is 1. The Kier molecular flexibility index (Phi) is 3.99. The van der Waals surface area contributed by atoms with Crippen LogP contribution in [-0.4, -0.2) is 28.9 Å². The van der Waals surface area contributed by atoms with Crippen LogP contribution in [0.4, 0.5) is 5.13 Å². The van der Waals surface area contributed by atoms with Gasteiger partial charge in [-0.3, -0.25) is 4.79 Å². The highest BCUT2D eigenvalue weighted by Crippen LogP contribution is 2.18. The van der Waals surface area contributed by atoms with Gasteiger partial charge in [-0.05, 0) is 25.2 Å². The van der Waals surface area contributed by atoms with Gasteiger partial charge in [-0.15, -0.1) is 11.3 Å². The van der Waals surface area contributed by atoms with Crippen LogP contribution in [-0.2, 0) is 11.2 Å². The van der Waals surface area contributed by atoms with Crippen molar-refractivity contribution in [1.29, 1.82) is 0 Å². The van der Waals surface area contributed by atoms with Crippen molar-refractivity contribution in [1.82, 2.24) is 9.88 Å². The largest absolute Gasteiger partial charge is 0.375 e. The summed E-state index contributed by atoms with van der Waals surface area (Å²) in [7, 11) is 0. The molecule has 5 heteroatoms. The van der Waals surface area contributed by atoms with Crippen molar-refractivity contribution in [3.8, 4) is 0 Å². The maximum absolute atomic E-state index is 12.1. The number of rotatable bonds is 2. The van der Waals surface area contributed by atoms with E-state index in [1.54, 1.807) is 0 Å². The second-order valence-electron chi connectivity index (χ2n) is 4.77. The van der Waals surface area contributed by atoms with E-state index in [0.29, 0.717) is 11.6 Å². The maximum Gasteiger partial charge on any atom is 0.228 e. The van der Waals surface area contributed by atoms with Gasteiger partial charge in [0.25, 0.3) is 0 Å². The molecule has 0 saturated carbocycles. The molecule has 1 amide bonds. The number of nitrogens with zero attached hydrogens (tertiary/aromatic N) is 2. The van der Waals surface area contributed by atoms with Crippen LogP contribution in [0.25, 0.3) is 0 Å². The Hall–Kier alpha value is -1.10. The molecule has 4 nitrogen and oxygen atoms in total. The molecule has 1 unspecified atom stereocenters. The molecule has 1 aromatic heterocycles. The van der Waals surface area contributed by atoms with Crippen molar-refractivity contribution < 1.29 is 4.79 Å². The van der Waals surface area contributed by atoms with Gasteiger partial charge in [-0.25, -0.2) is 4.98 Å². The highest BCUT2D eigenvalue weighted by atomic mass is 32.1. The van der Waals surface area contributed by atoms with Crippen molar-refractivity contribution in [2.24, 2.45) is 5.92 Å². The first-order valence-electron chi connectivity index (χ1n) is 6.13. The zero-order valence-corrected chi connectivity index (χ0v) is 11.0. The van der Waals surface area contributed by atoms with E-state index in [9.17, 15) is 4.79 Å². The summed E-state index contributed by atoms with van der Waals surface area (Å²) < 4.78 is 0. The van der Waals surface area contributed by atoms with E-state index in [4.69, 9.17) is 5.73 Å². The minimum atomic E-state index is 0.185. The number of aromatic nitrogens is 1. The molecule has 0 radical (unpaired) electrons. The summed E-state index contributed by atoms with van der Waals surface area (Å²) in [6.07, 6.45) is 3.85. The summed E-state index contributed by atoms with van der Waals surface area (Å²) in [5, 5.41) is 2.41. The number of hydrogen-bond acceptors (Lipinski definition) is 4. The molecule has 1 aromatic rings. The Balaban J connectivity index is 1.91. The predicted molar refractivity (Wildman–Crippen MR) is 69.8 cm³/mol. The first kappa shape index (κ1) is 12.4. The Morgan fingerprint density at radius 1 is 1.59 bits per heavy atom. The van der Waals surface area contributed by atoms with E-state index in [1.807, 2.05) is 10.3 Å². The molecule has 0 bridgehead atoms. The Morgan fingerprint density at radius 2 is 2.41 bits per heavy atom. The van der Waals surface area contributed by atoms with Gasteiger partial charge < -0.3 is 10.6 Å². The van der Waals surface area contributed by atoms with Crippen LogP contribution in [0.5, 0.6) is 0 Å². The molecule has 0 spiro atoms. The van der Waals surface area contributed by atoms with E-state index < -0.39 is 0 Å². The van der Waals surface area contributed by atoms with Gasteiger partial charge in [-0.1, -0.05) is 6.92 Å². The monoisotopic (exact) mass is 253 g/mol. The highest BCUT2D eigenvalue weighted by Gasteiger charge is 2.19. The standard InChI is InChI=1S/C12H19N3OS/c1-9-3-2-5-15(6-4-9)11(16)7-10-8-17-12(13)14-10/h8-9H,2-7H2,1H3,(H2,13,14). The SMILES string of the molecule is CC1CCCN(C(=O)Cc2csc(N)n2)CC1. The van der Waals surface area contributed by atoms with E-state index >= 15 is 0 Å². The molecule has 1 fully saturated rings. The predicted octanol–water partition coefficient (Wildman–Crippen LogP) is 1.92. The smallest absolute Gasteiger partial charge is 0.228 e. The van der Waals surface area contributed by atoms with Crippen molar-refractivity contribution >= 4 is 22.4 Å². The molecule has 17 heavy (non-hydrogen) atoms. The Morgan fingerprint density at radius 3 is 3.12 bits per heavy atom. The summed E-state index contributed by atoms with van der Waals surface area (Å²) >= 11 is 1.39. The molecule has 0 aromatic carbocycles. The molecular formula is C12H19N3OS. The van der Waals surface area contributed by atoms with Crippen molar-refractivity contribution in [2.45, 2.75) is 32.6 Å². The molecule has 1 atom stereocenters. The molecule has 1 aliphatic rings. The van der Waals surface area contributed by atoms with Crippen molar-refractivity contribution in [3.63, 3.8) is 0 Å². The average Bonchev–Trinajstić information content (AvgIpc) is 2.56. The van der Waals surface area contributed by atoms with E-state index in [2.05, 4.69) is 11.9 Å². The Bertz CT molecular complexity index is 391. The molecular weight excluding hydrogens is 234 g/mol.